The number of carbonyl (C=O) groups excluding carboxylic acids is 2. The molecule has 0 unspecified atom stereocenters. The van der Waals surface area contributed by atoms with Gasteiger partial charge in [0, 0.05) is 45.5 Å². The molecule has 176 valence electrons. The van der Waals surface area contributed by atoms with Crippen molar-refractivity contribution >= 4 is 17.5 Å². The molecule has 2 aliphatic heterocycles. The van der Waals surface area contributed by atoms with Gasteiger partial charge in [-0.15, -0.1) is 0 Å². The van der Waals surface area contributed by atoms with Crippen molar-refractivity contribution in [1.29, 1.82) is 0 Å². The fourth-order valence-corrected chi connectivity index (χ4v) is 4.67. The summed E-state index contributed by atoms with van der Waals surface area (Å²) in [6.45, 7) is 4.87. The maximum Gasteiger partial charge on any atom is 0.309 e. The number of fused-ring (bicyclic) bond motifs is 1. The van der Waals surface area contributed by atoms with Crippen LogP contribution >= 0.6 is 0 Å². The zero-order valence-corrected chi connectivity index (χ0v) is 19.4. The van der Waals surface area contributed by atoms with Crippen LogP contribution in [-0.4, -0.2) is 69.7 Å². The molecule has 0 bridgehead atoms. The average Bonchev–Trinajstić information content (AvgIpc) is 2.85. The van der Waals surface area contributed by atoms with Crippen molar-refractivity contribution in [2.75, 3.05) is 57.9 Å². The predicted octanol–water partition coefficient (Wildman–Crippen LogP) is 1.92. The van der Waals surface area contributed by atoms with Crippen LogP contribution in [0.3, 0.4) is 0 Å². The van der Waals surface area contributed by atoms with Crippen LogP contribution in [0.25, 0.3) is 0 Å². The Kier molecular flexibility index (Phi) is 7.96. The largest absolute Gasteiger partial charge is 0.379 e. The van der Waals surface area contributed by atoms with E-state index in [-0.39, 0.29) is 6.04 Å². The molecular formula is C26H34N4O3. The molecule has 7 nitrogen and oxygen atoms in total. The molecule has 2 amide bonds. The van der Waals surface area contributed by atoms with Gasteiger partial charge in [0.2, 0.25) is 0 Å². The van der Waals surface area contributed by atoms with Crippen LogP contribution in [0, 0.1) is 0 Å². The average molecular weight is 451 g/mol. The van der Waals surface area contributed by atoms with E-state index in [9.17, 15) is 9.59 Å². The third-order valence-corrected chi connectivity index (χ3v) is 6.53. The summed E-state index contributed by atoms with van der Waals surface area (Å²) >= 11 is 0. The van der Waals surface area contributed by atoms with Crippen molar-refractivity contribution in [2.24, 2.45) is 0 Å². The van der Waals surface area contributed by atoms with Gasteiger partial charge in [-0.25, -0.2) is 0 Å². The second-order valence-electron chi connectivity index (χ2n) is 8.78. The number of ether oxygens (including phenoxy) is 1. The highest BCUT2D eigenvalue weighted by atomic mass is 16.5. The number of hydrogen-bond acceptors (Lipinski definition) is 5. The standard InChI is InChI=1S/C26H34N4O3/c1-29-13-5-8-21-18-22(9-10-23(21)29)24(30-14-16-33-17-15-30)19-28-26(32)25(31)27-12-11-20-6-3-2-4-7-20/h2-4,6-7,9-10,18,24H,5,8,11-17,19H2,1H3,(H,27,31)(H,28,32)/t24-/m1/s1. The van der Waals surface area contributed by atoms with E-state index >= 15 is 0 Å². The Bertz CT molecular complexity index is 944. The molecule has 1 atom stereocenters. The molecule has 33 heavy (non-hydrogen) atoms. The minimum absolute atomic E-state index is 0.00695. The first-order valence-electron chi connectivity index (χ1n) is 11.9. The second-order valence-corrected chi connectivity index (χ2v) is 8.78. The molecule has 0 aliphatic carbocycles. The van der Waals surface area contributed by atoms with Gasteiger partial charge in [-0.3, -0.25) is 14.5 Å². The van der Waals surface area contributed by atoms with Crippen molar-refractivity contribution in [3.8, 4) is 0 Å². The third kappa shape index (κ3) is 6.12. The number of anilines is 1. The molecule has 0 saturated carbocycles. The molecule has 2 heterocycles. The number of nitrogens with one attached hydrogen (secondary N) is 2. The Morgan fingerprint density at radius 1 is 1.00 bits per heavy atom. The van der Waals surface area contributed by atoms with Gasteiger partial charge in [-0.05, 0) is 42.0 Å². The lowest BCUT2D eigenvalue weighted by Gasteiger charge is -2.36. The highest BCUT2D eigenvalue weighted by Crippen LogP contribution is 2.30. The van der Waals surface area contributed by atoms with E-state index in [1.165, 1.54) is 16.8 Å². The summed E-state index contributed by atoms with van der Waals surface area (Å²) in [4.78, 5) is 29.5. The van der Waals surface area contributed by atoms with Crippen molar-refractivity contribution in [2.45, 2.75) is 25.3 Å². The Hall–Kier alpha value is -2.90. The van der Waals surface area contributed by atoms with E-state index < -0.39 is 11.8 Å². The molecule has 4 rings (SSSR count). The SMILES string of the molecule is CN1CCCc2cc([C@@H](CNC(=O)C(=O)NCCc3ccccc3)N3CCOCC3)ccc21. The van der Waals surface area contributed by atoms with Gasteiger partial charge in [0.15, 0.2) is 0 Å². The van der Waals surface area contributed by atoms with E-state index in [1.807, 2.05) is 30.3 Å². The van der Waals surface area contributed by atoms with E-state index in [4.69, 9.17) is 4.74 Å². The zero-order valence-electron chi connectivity index (χ0n) is 19.4. The fraction of sp³-hybridized carbons (Fsp3) is 0.462. The van der Waals surface area contributed by atoms with Gasteiger partial charge in [0.05, 0.1) is 19.3 Å². The number of morpholine rings is 1. The van der Waals surface area contributed by atoms with Crippen molar-refractivity contribution < 1.29 is 14.3 Å². The topological polar surface area (TPSA) is 73.9 Å². The van der Waals surface area contributed by atoms with Gasteiger partial charge >= 0.3 is 11.8 Å². The van der Waals surface area contributed by atoms with Crippen LogP contribution in [0.15, 0.2) is 48.5 Å². The lowest BCUT2D eigenvalue weighted by atomic mass is 9.95. The van der Waals surface area contributed by atoms with E-state index in [0.29, 0.717) is 32.7 Å². The zero-order chi connectivity index (χ0) is 23.0. The summed E-state index contributed by atoms with van der Waals surface area (Å²) in [5.41, 5.74) is 4.94. The van der Waals surface area contributed by atoms with E-state index in [0.717, 1.165) is 38.0 Å². The van der Waals surface area contributed by atoms with Crippen LogP contribution in [0.4, 0.5) is 5.69 Å². The Labute approximate surface area is 196 Å². The lowest BCUT2D eigenvalue weighted by molar-refractivity contribution is -0.139. The van der Waals surface area contributed by atoms with Crippen LogP contribution in [0.5, 0.6) is 0 Å². The molecule has 2 aromatic carbocycles. The summed E-state index contributed by atoms with van der Waals surface area (Å²) in [5, 5.41) is 5.60. The summed E-state index contributed by atoms with van der Waals surface area (Å²) in [5.74, 6) is -1.17. The smallest absolute Gasteiger partial charge is 0.309 e. The van der Waals surface area contributed by atoms with E-state index in [2.05, 4.69) is 45.7 Å². The van der Waals surface area contributed by atoms with Gasteiger partial charge in [0.1, 0.15) is 0 Å². The minimum atomic E-state index is -0.585. The highest BCUT2D eigenvalue weighted by molar-refractivity contribution is 6.35. The first-order valence-corrected chi connectivity index (χ1v) is 11.9. The molecule has 0 aromatic heterocycles. The highest BCUT2D eigenvalue weighted by Gasteiger charge is 2.26. The molecule has 0 spiro atoms. The van der Waals surface area contributed by atoms with Crippen molar-refractivity contribution in [3.63, 3.8) is 0 Å². The van der Waals surface area contributed by atoms with Crippen molar-refractivity contribution in [1.82, 2.24) is 15.5 Å². The quantitative estimate of drug-likeness (QED) is 0.631. The number of benzene rings is 2. The number of amides is 2. The fourth-order valence-electron chi connectivity index (χ4n) is 4.67. The number of rotatable bonds is 7. The molecule has 1 saturated heterocycles. The normalized spacial score (nSPS) is 17.2. The summed E-state index contributed by atoms with van der Waals surface area (Å²) < 4.78 is 5.54. The van der Waals surface area contributed by atoms with Gasteiger partial charge in [-0.1, -0.05) is 42.5 Å². The van der Waals surface area contributed by atoms with Crippen LogP contribution < -0.4 is 15.5 Å². The monoisotopic (exact) mass is 450 g/mol. The first kappa shape index (κ1) is 23.3. The Morgan fingerprint density at radius 3 is 2.55 bits per heavy atom. The molecule has 2 N–H and O–H groups in total. The Morgan fingerprint density at radius 2 is 1.76 bits per heavy atom. The van der Waals surface area contributed by atoms with E-state index in [1.54, 1.807) is 0 Å². The van der Waals surface area contributed by atoms with Gasteiger partial charge in [-0.2, -0.15) is 0 Å². The number of nitrogens with zero attached hydrogens (tertiary/aromatic N) is 2. The lowest BCUT2D eigenvalue weighted by Crippen LogP contribution is -2.47. The molecule has 2 aliphatic rings. The maximum atomic E-state index is 12.5. The summed E-state index contributed by atoms with van der Waals surface area (Å²) in [6.07, 6.45) is 2.91. The van der Waals surface area contributed by atoms with Gasteiger partial charge < -0.3 is 20.3 Å². The molecular weight excluding hydrogens is 416 g/mol. The van der Waals surface area contributed by atoms with Gasteiger partial charge in [0.25, 0.3) is 0 Å². The molecule has 1 fully saturated rings. The summed E-state index contributed by atoms with van der Waals surface area (Å²) in [7, 11) is 2.13. The van der Waals surface area contributed by atoms with Crippen LogP contribution in [0.1, 0.15) is 29.2 Å². The number of aryl methyl sites for hydroxylation is 1. The molecule has 2 aromatic rings. The first-order chi connectivity index (χ1) is 16.1. The minimum Gasteiger partial charge on any atom is -0.379 e. The number of hydrogen-bond donors (Lipinski definition) is 2. The van der Waals surface area contributed by atoms with Crippen molar-refractivity contribution in [3.05, 3.63) is 65.2 Å². The Balaban J connectivity index is 1.37. The number of carbonyl (C=O) groups is 2. The molecule has 7 heteroatoms. The summed E-state index contributed by atoms with van der Waals surface area (Å²) in [6, 6.07) is 16.5. The second kappa shape index (κ2) is 11.3. The van der Waals surface area contributed by atoms with Crippen LogP contribution in [-0.2, 0) is 27.2 Å². The predicted molar refractivity (Wildman–Crippen MR) is 129 cm³/mol. The molecule has 0 radical (unpaired) electrons. The van der Waals surface area contributed by atoms with Crippen LogP contribution in [0.2, 0.25) is 0 Å². The third-order valence-electron chi connectivity index (χ3n) is 6.53. The maximum absolute atomic E-state index is 12.5.